The topological polar surface area (TPSA) is 97.0 Å². The van der Waals surface area contributed by atoms with Crippen molar-refractivity contribution in [1.82, 2.24) is 10.2 Å². The summed E-state index contributed by atoms with van der Waals surface area (Å²) in [5, 5.41) is 5.73. The Morgan fingerprint density at radius 2 is 1.88 bits per heavy atom. The fourth-order valence-electron chi connectivity index (χ4n) is 3.80. The zero-order chi connectivity index (χ0) is 22.5. The van der Waals surface area contributed by atoms with Crippen molar-refractivity contribution >= 4 is 23.4 Å². The molecule has 168 valence electrons. The number of fused-ring (bicyclic) bond motifs is 1. The molecule has 0 bridgehead atoms. The van der Waals surface area contributed by atoms with E-state index in [1.807, 2.05) is 18.2 Å². The molecule has 2 aromatic rings. The lowest BCUT2D eigenvalue weighted by Gasteiger charge is -2.16. The molecule has 0 radical (unpaired) electrons. The van der Waals surface area contributed by atoms with E-state index in [0.29, 0.717) is 42.4 Å². The highest BCUT2D eigenvalue weighted by Crippen LogP contribution is 2.32. The van der Waals surface area contributed by atoms with Crippen LogP contribution in [-0.2, 0) is 16.1 Å². The van der Waals surface area contributed by atoms with Crippen molar-refractivity contribution in [2.24, 2.45) is 5.92 Å². The predicted molar refractivity (Wildman–Crippen MR) is 118 cm³/mol. The molecular weight excluding hydrogens is 410 g/mol. The number of nitrogens with one attached hydrogen (secondary N) is 2. The van der Waals surface area contributed by atoms with Gasteiger partial charge < -0.3 is 25.0 Å². The van der Waals surface area contributed by atoms with Gasteiger partial charge in [0.15, 0.2) is 11.5 Å². The third kappa shape index (κ3) is 5.01. The van der Waals surface area contributed by atoms with Crippen LogP contribution < -0.4 is 20.1 Å². The third-order valence-electron chi connectivity index (χ3n) is 5.67. The maximum Gasteiger partial charge on any atom is 0.251 e. The van der Waals surface area contributed by atoms with Gasteiger partial charge in [-0.1, -0.05) is 19.4 Å². The smallest absolute Gasteiger partial charge is 0.251 e. The van der Waals surface area contributed by atoms with Crippen LogP contribution in [-0.4, -0.2) is 42.5 Å². The van der Waals surface area contributed by atoms with Crippen molar-refractivity contribution in [3.8, 4) is 11.5 Å². The van der Waals surface area contributed by atoms with E-state index in [0.717, 1.165) is 18.4 Å². The van der Waals surface area contributed by atoms with Gasteiger partial charge in [-0.15, -0.1) is 0 Å². The van der Waals surface area contributed by atoms with Crippen LogP contribution in [0.25, 0.3) is 0 Å². The molecule has 32 heavy (non-hydrogen) atoms. The first-order valence-corrected chi connectivity index (χ1v) is 10.9. The number of hydrogen-bond acceptors (Lipinski definition) is 5. The maximum absolute atomic E-state index is 12.6. The molecule has 2 aliphatic rings. The van der Waals surface area contributed by atoms with E-state index in [1.165, 1.54) is 0 Å². The summed E-state index contributed by atoms with van der Waals surface area (Å²) in [6, 6.07) is 12.3. The molecule has 8 nitrogen and oxygen atoms in total. The highest BCUT2D eigenvalue weighted by molar-refractivity contribution is 5.98. The Balaban J connectivity index is 1.27. The van der Waals surface area contributed by atoms with Crippen LogP contribution in [0.5, 0.6) is 11.5 Å². The quantitative estimate of drug-likeness (QED) is 0.662. The molecule has 0 spiro atoms. The average Bonchev–Trinajstić information content (AvgIpc) is 3.42. The first-order chi connectivity index (χ1) is 15.5. The van der Waals surface area contributed by atoms with Crippen LogP contribution in [0.4, 0.5) is 5.69 Å². The Labute approximate surface area is 186 Å². The van der Waals surface area contributed by atoms with Gasteiger partial charge in [0.1, 0.15) is 0 Å². The van der Waals surface area contributed by atoms with E-state index >= 15 is 0 Å². The van der Waals surface area contributed by atoms with Gasteiger partial charge >= 0.3 is 0 Å². The number of rotatable bonds is 8. The van der Waals surface area contributed by atoms with Crippen molar-refractivity contribution in [1.29, 1.82) is 0 Å². The number of ether oxygens (including phenoxy) is 2. The van der Waals surface area contributed by atoms with Crippen LogP contribution >= 0.6 is 0 Å². The van der Waals surface area contributed by atoms with Crippen LogP contribution in [0.2, 0.25) is 0 Å². The van der Waals surface area contributed by atoms with E-state index in [-0.39, 0.29) is 36.9 Å². The number of carbonyl (C=O) groups excluding carboxylic acids is 3. The summed E-state index contributed by atoms with van der Waals surface area (Å²) in [7, 11) is 0. The molecule has 2 heterocycles. The number of nitrogens with zero attached hydrogens (tertiary/aromatic N) is 1. The molecule has 8 heteroatoms. The molecule has 0 saturated carbocycles. The Morgan fingerprint density at radius 1 is 1.09 bits per heavy atom. The van der Waals surface area contributed by atoms with E-state index in [2.05, 4.69) is 17.6 Å². The summed E-state index contributed by atoms with van der Waals surface area (Å²) in [4.78, 5) is 38.8. The molecule has 1 fully saturated rings. The van der Waals surface area contributed by atoms with Crippen LogP contribution in [0.15, 0.2) is 42.5 Å². The largest absolute Gasteiger partial charge is 0.454 e. The van der Waals surface area contributed by atoms with Gasteiger partial charge in [0.25, 0.3) is 5.91 Å². The molecule has 3 amide bonds. The molecule has 2 N–H and O–H groups in total. The van der Waals surface area contributed by atoms with Crippen molar-refractivity contribution in [3.63, 3.8) is 0 Å². The van der Waals surface area contributed by atoms with Crippen molar-refractivity contribution in [2.75, 3.05) is 25.2 Å². The minimum absolute atomic E-state index is 0.0353. The summed E-state index contributed by atoms with van der Waals surface area (Å²) in [5.74, 6) is 0.686. The number of benzene rings is 2. The fourth-order valence-corrected chi connectivity index (χ4v) is 3.80. The minimum atomic E-state index is -0.343. The molecule has 4 rings (SSSR count). The Bertz CT molecular complexity index is 1010. The minimum Gasteiger partial charge on any atom is -0.454 e. The molecule has 2 aromatic carbocycles. The van der Waals surface area contributed by atoms with Gasteiger partial charge in [-0.3, -0.25) is 14.4 Å². The van der Waals surface area contributed by atoms with E-state index < -0.39 is 0 Å². The number of amides is 3. The Morgan fingerprint density at radius 3 is 2.66 bits per heavy atom. The standard InChI is InChI=1S/C24H27N3O5/c1-2-3-10-27-14-18(12-22(27)28)24(30)26-19-7-5-17(6-8-19)23(29)25-13-16-4-9-20-21(11-16)32-15-31-20/h4-9,11,18H,2-3,10,12-15H2,1H3,(H,25,29)(H,26,30). The van der Waals surface area contributed by atoms with Gasteiger partial charge in [-0.05, 0) is 48.4 Å². The van der Waals surface area contributed by atoms with Crippen molar-refractivity contribution in [3.05, 3.63) is 53.6 Å². The number of hydrogen-bond donors (Lipinski definition) is 2. The third-order valence-corrected chi connectivity index (χ3v) is 5.67. The lowest BCUT2D eigenvalue weighted by molar-refractivity contribution is -0.128. The van der Waals surface area contributed by atoms with Crippen LogP contribution in [0.1, 0.15) is 42.1 Å². The summed E-state index contributed by atoms with van der Waals surface area (Å²) in [6.45, 7) is 3.81. The second-order valence-corrected chi connectivity index (χ2v) is 8.03. The van der Waals surface area contributed by atoms with Crippen LogP contribution in [0.3, 0.4) is 0 Å². The summed E-state index contributed by atoms with van der Waals surface area (Å²) < 4.78 is 10.6. The molecule has 0 aliphatic carbocycles. The van der Waals surface area contributed by atoms with Gasteiger partial charge in [-0.25, -0.2) is 0 Å². The molecule has 2 aliphatic heterocycles. The molecule has 0 aromatic heterocycles. The van der Waals surface area contributed by atoms with Crippen molar-refractivity contribution < 1.29 is 23.9 Å². The van der Waals surface area contributed by atoms with Crippen molar-refractivity contribution in [2.45, 2.75) is 32.7 Å². The Hall–Kier alpha value is -3.55. The Kier molecular flexibility index (Phi) is 6.58. The average molecular weight is 437 g/mol. The maximum atomic E-state index is 12.6. The first-order valence-electron chi connectivity index (χ1n) is 10.9. The molecule has 1 unspecified atom stereocenters. The number of unbranched alkanes of at least 4 members (excludes halogenated alkanes) is 1. The predicted octanol–water partition coefficient (Wildman–Crippen LogP) is 2.93. The van der Waals surface area contributed by atoms with E-state index in [4.69, 9.17) is 9.47 Å². The zero-order valence-electron chi connectivity index (χ0n) is 18.1. The molecular formula is C24H27N3O5. The van der Waals surface area contributed by atoms with Gasteiger partial charge in [-0.2, -0.15) is 0 Å². The van der Waals surface area contributed by atoms with Gasteiger partial charge in [0.05, 0.1) is 5.92 Å². The van der Waals surface area contributed by atoms with Gasteiger partial charge in [0.2, 0.25) is 18.6 Å². The fraction of sp³-hybridized carbons (Fsp3) is 0.375. The molecule has 1 saturated heterocycles. The summed E-state index contributed by atoms with van der Waals surface area (Å²) >= 11 is 0. The van der Waals surface area contributed by atoms with E-state index in [1.54, 1.807) is 29.2 Å². The van der Waals surface area contributed by atoms with E-state index in [9.17, 15) is 14.4 Å². The highest BCUT2D eigenvalue weighted by atomic mass is 16.7. The normalized spacial score (nSPS) is 16.8. The number of carbonyl (C=O) groups is 3. The number of likely N-dealkylation sites (tertiary alicyclic amines) is 1. The second-order valence-electron chi connectivity index (χ2n) is 8.03. The second kappa shape index (κ2) is 9.72. The highest BCUT2D eigenvalue weighted by Gasteiger charge is 2.33. The summed E-state index contributed by atoms with van der Waals surface area (Å²) in [5.41, 5.74) is 2.00. The monoisotopic (exact) mass is 437 g/mol. The zero-order valence-corrected chi connectivity index (χ0v) is 18.1. The lowest BCUT2D eigenvalue weighted by Crippen LogP contribution is -2.29. The SMILES string of the molecule is CCCCN1CC(C(=O)Nc2ccc(C(=O)NCc3ccc4c(c3)OCO4)cc2)CC1=O. The van der Waals surface area contributed by atoms with Gasteiger partial charge in [0, 0.05) is 37.3 Å². The number of anilines is 1. The summed E-state index contributed by atoms with van der Waals surface area (Å²) in [6.07, 6.45) is 2.20. The first kappa shape index (κ1) is 21.7. The molecule has 1 atom stereocenters. The van der Waals surface area contributed by atoms with Crippen LogP contribution in [0, 0.1) is 5.92 Å². The lowest BCUT2D eigenvalue weighted by atomic mass is 10.1.